The van der Waals surface area contributed by atoms with E-state index in [0.29, 0.717) is 42.4 Å². The highest BCUT2D eigenvalue weighted by atomic mass is 35.5. The number of carbonyl (C=O) groups is 1. The molecule has 1 saturated heterocycles. The van der Waals surface area contributed by atoms with Crippen molar-refractivity contribution in [3.05, 3.63) is 29.3 Å². The predicted octanol–water partition coefficient (Wildman–Crippen LogP) is 5.23. The van der Waals surface area contributed by atoms with E-state index in [1.54, 1.807) is 19.8 Å². The maximum absolute atomic E-state index is 13.8. The Labute approximate surface area is 206 Å². The average Bonchev–Trinajstić information content (AvgIpc) is 2.95. The number of methoxy groups -OCH3 is 2. The first-order chi connectivity index (χ1) is 16.5. The summed E-state index contributed by atoms with van der Waals surface area (Å²) in [6.45, 7) is 0.635. The van der Waals surface area contributed by atoms with Crippen LogP contribution in [-0.2, 0) is 14.9 Å². The molecule has 3 saturated carbocycles. The van der Waals surface area contributed by atoms with Crippen LogP contribution in [-0.4, -0.2) is 44.8 Å². The second-order valence-electron chi connectivity index (χ2n) is 11.6. The lowest BCUT2D eigenvalue weighted by atomic mass is 9.50. The van der Waals surface area contributed by atoms with E-state index in [0.717, 1.165) is 30.7 Å². The molecule has 2 unspecified atom stereocenters. The Bertz CT molecular complexity index is 1090. The number of amides is 1. The molecule has 1 aromatic rings. The minimum atomic E-state index is -0.0540. The molecule has 7 atom stereocenters. The molecule has 0 radical (unpaired) electrons. The molecule has 3 heterocycles. The number of piperidine rings is 1. The highest BCUT2D eigenvalue weighted by Crippen LogP contribution is 2.69. The third kappa shape index (κ3) is 2.58. The summed E-state index contributed by atoms with van der Waals surface area (Å²) in [7, 11) is 3.39. The molecule has 6 aliphatic rings. The molecule has 3 aliphatic heterocycles. The van der Waals surface area contributed by atoms with Crippen LogP contribution in [0.5, 0.6) is 11.5 Å². The fraction of sp³-hybridized carbons (Fsp3) is 0.679. The van der Waals surface area contributed by atoms with Crippen LogP contribution in [0.4, 0.5) is 5.69 Å². The summed E-state index contributed by atoms with van der Waals surface area (Å²) in [4.78, 5) is 16.0. The van der Waals surface area contributed by atoms with Crippen LogP contribution in [0.15, 0.2) is 23.8 Å². The van der Waals surface area contributed by atoms with Crippen LogP contribution in [0.1, 0.15) is 56.9 Å². The van der Waals surface area contributed by atoms with E-state index in [2.05, 4.69) is 23.1 Å². The molecule has 1 aromatic carbocycles. The summed E-state index contributed by atoms with van der Waals surface area (Å²) in [5, 5.41) is 0. The number of benzene rings is 1. The van der Waals surface area contributed by atoms with Gasteiger partial charge in [0.05, 0.1) is 45.1 Å². The lowest BCUT2D eigenvalue weighted by Gasteiger charge is -2.57. The molecule has 3 bridgehead atoms. The summed E-state index contributed by atoms with van der Waals surface area (Å²) in [5.41, 5.74) is 4.16. The van der Waals surface area contributed by atoms with Gasteiger partial charge in [-0.1, -0.05) is 11.6 Å². The molecule has 3 aliphatic carbocycles. The predicted molar refractivity (Wildman–Crippen MR) is 131 cm³/mol. The van der Waals surface area contributed by atoms with E-state index in [9.17, 15) is 4.79 Å². The molecule has 1 spiro atoms. The van der Waals surface area contributed by atoms with E-state index in [-0.39, 0.29) is 28.9 Å². The van der Waals surface area contributed by atoms with Crippen LogP contribution in [0, 0.1) is 23.2 Å². The SMILES string of the molecule is COc1cc2c(cc1OC)[C@]13CCC4(CCCl)CCC1C[C@H]1C(=CCO[C@H]5CC(=O)N2[C@H]3[C@H]51)C4. The smallest absolute Gasteiger partial charge is 0.229 e. The Balaban J connectivity index is 1.51. The van der Waals surface area contributed by atoms with E-state index >= 15 is 0 Å². The van der Waals surface area contributed by atoms with Crippen molar-refractivity contribution >= 4 is 23.2 Å². The molecular weight excluding hydrogens is 450 g/mol. The van der Waals surface area contributed by atoms with Gasteiger partial charge in [0.1, 0.15) is 0 Å². The second kappa shape index (κ2) is 7.39. The topological polar surface area (TPSA) is 48.0 Å². The van der Waals surface area contributed by atoms with Crippen molar-refractivity contribution in [1.82, 2.24) is 0 Å². The number of anilines is 1. The van der Waals surface area contributed by atoms with Crippen LogP contribution < -0.4 is 14.4 Å². The molecule has 182 valence electrons. The molecular formula is C28H34ClNO4. The van der Waals surface area contributed by atoms with Crippen molar-refractivity contribution in [2.45, 2.75) is 68.9 Å². The van der Waals surface area contributed by atoms with Gasteiger partial charge in [-0.15, -0.1) is 11.6 Å². The van der Waals surface area contributed by atoms with Gasteiger partial charge in [-0.25, -0.2) is 0 Å². The van der Waals surface area contributed by atoms with Crippen molar-refractivity contribution in [2.75, 3.05) is 31.6 Å². The summed E-state index contributed by atoms with van der Waals surface area (Å²) >= 11 is 6.43. The van der Waals surface area contributed by atoms with E-state index in [1.807, 2.05) is 0 Å². The Morgan fingerprint density at radius 3 is 2.79 bits per heavy atom. The van der Waals surface area contributed by atoms with Crippen LogP contribution in [0.3, 0.4) is 0 Å². The van der Waals surface area contributed by atoms with Gasteiger partial charge in [0, 0.05) is 23.3 Å². The number of halogens is 1. The largest absolute Gasteiger partial charge is 0.493 e. The first-order valence-corrected chi connectivity index (χ1v) is 13.5. The lowest BCUT2D eigenvalue weighted by molar-refractivity contribution is -0.132. The average molecular weight is 484 g/mol. The molecule has 0 aromatic heterocycles. The van der Waals surface area contributed by atoms with Crippen LogP contribution >= 0.6 is 11.6 Å². The van der Waals surface area contributed by atoms with Crippen molar-refractivity contribution in [2.24, 2.45) is 23.2 Å². The maximum Gasteiger partial charge on any atom is 0.229 e. The minimum absolute atomic E-state index is 0.00545. The van der Waals surface area contributed by atoms with Crippen molar-refractivity contribution in [3.8, 4) is 11.5 Å². The Morgan fingerprint density at radius 1 is 1.18 bits per heavy atom. The Morgan fingerprint density at radius 2 is 2.00 bits per heavy atom. The van der Waals surface area contributed by atoms with Crippen molar-refractivity contribution in [1.29, 1.82) is 0 Å². The van der Waals surface area contributed by atoms with Gasteiger partial charge >= 0.3 is 0 Å². The Kier molecular flexibility index (Phi) is 4.69. The zero-order chi connectivity index (χ0) is 23.2. The maximum atomic E-state index is 13.8. The first kappa shape index (κ1) is 21.6. The summed E-state index contributed by atoms with van der Waals surface area (Å²) < 4.78 is 17.9. The number of ether oxygens (including phenoxy) is 3. The number of rotatable bonds is 4. The molecule has 0 N–H and O–H groups in total. The number of carbonyl (C=O) groups excluding carboxylic acids is 1. The van der Waals surface area contributed by atoms with Crippen molar-refractivity contribution in [3.63, 3.8) is 0 Å². The summed E-state index contributed by atoms with van der Waals surface area (Å²) in [5.74, 6) is 3.78. The zero-order valence-corrected chi connectivity index (χ0v) is 20.9. The van der Waals surface area contributed by atoms with Gasteiger partial charge in [0.2, 0.25) is 5.91 Å². The van der Waals surface area contributed by atoms with Gasteiger partial charge in [0.25, 0.3) is 0 Å². The lowest BCUT2D eigenvalue weighted by Crippen LogP contribution is -2.65. The molecule has 1 amide bonds. The molecule has 5 nitrogen and oxygen atoms in total. The highest BCUT2D eigenvalue weighted by molar-refractivity contribution is 6.17. The van der Waals surface area contributed by atoms with E-state index < -0.39 is 0 Å². The number of fused-ring (bicyclic) bond motifs is 4. The molecule has 4 fully saturated rings. The number of allylic oxidation sites excluding steroid dienone is 1. The molecule has 7 rings (SSSR count). The summed E-state index contributed by atoms with van der Waals surface area (Å²) in [6, 6.07) is 4.44. The number of hydrogen-bond donors (Lipinski definition) is 0. The quantitative estimate of drug-likeness (QED) is 0.434. The Hall–Kier alpha value is -1.72. The van der Waals surface area contributed by atoms with Crippen molar-refractivity contribution < 1.29 is 19.0 Å². The fourth-order valence-electron chi connectivity index (χ4n) is 9.30. The minimum Gasteiger partial charge on any atom is -0.493 e. The number of nitrogens with zero attached hydrogens (tertiary/aromatic N) is 1. The molecule has 6 heteroatoms. The summed E-state index contributed by atoms with van der Waals surface area (Å²) in [6.07, 6.45) is 11.0. The number of alkyl halides is 1. The zero-order valence-electron chi connectivity index (χ0n) is 20.1. The third-order valence-electron chi connectivity index (χ3n) is 10.7. The fourth-order valence-corrected chi connectivity index (χ4v) is 9.70. The standard InChI is InChI=1S/C28H34ClNO4/c1-32-21-12-19-20(13-22(21)33-2)30-24(31)14-23-25-18-11-17-3-5-27(8-9-29,15-16(18)4-10-34-23)6-7-28(17,19)26(25)30/h4,12-13,17-18,23,25-26H,3,5-11,14-15H2,1-2H3/t17?,18-,23-,25-,26-,27?,28-/m0/s1. The van der Waals surface area contributed by atoms with E-state index in [4.69, 9.17) is 25.8 Å². The van der Waals surface area contributed by atoms with E-state index in [1.165, 1.54) is 31.2 Å². The van der Waals surface area contributed by atoms with Gasteiger partial charge in [-0.2, -0.15) is 0 Å². The van der Waals surface area contributed by atoms with Gasteiger partial charge < -0.3 is 19.1 Å². The number of hydrogen-bond acceptors (Lipinski definition) is 4. The van der Waals surface area contributed by atoms with Gasteiger partial charge in [-0.3, -0.25) is 4.79 Å². The van der Waals surface area contributed by atoms with Gasteiger partial charge in [-0.05, 0) is 73.8 Å². The second-order valence-corrected chi connectivity index (χ2v) is 12.0. The third-order valence-corrected chi connectivity index (χ3v) is 10.9. The van der Waals surface area contributed by atoms with Crippen LogP contribution in [0.25, 0.3) is 0 Å². The van der Waals surface area contributed by atoms with Crippen LogP contribution in [0.2, 0.25) is 0 Å². The first-order valence-electron chi connectivity index (χ1n) is 13.0. The normalized spacial score (nSPS) is 41.3. The molecule has 34 heavy (non-hydrogen) atoms. The highest BCUT2D eigenvalue weighted by Gasteiger charge is 2.68. The van der Waals surface area contributed by atoms with Gasteiger partial charge in [0.15, 0.2) is 11.5 Å². The monoisotopic (exact) mass is 483 g/mol.